The van der Waals surface area contributed by atoms with E-state index in [0.717, 1.165) is 19.6 Å². The van der Waals surface area contributed by atoms with Gasteiger partial charge in [-0.3, -0.25) is 4.79 Å². The number of hydrogen-bond donors (Lipinski definition) is 1. The molecule has 0 radical (unpaired) electrons. The van der Waals surface area contributed by atoms with Gasteiger partial charge in [-0.05, 0) is 6.42 Å². The molecule has 0 atom stereocenters. The fourth-order valence-corrected chi connectivity index (χ4v) is 1.17. The summed E-state index contributed by atoms with van der Waals surface area (Å²) in [6.45, 7) is 6.53. The largest absolute Gasteiger partial charge is 0.380 e. The monoisotopic (exact) mass is 170 g/mol. The van der Waals surface area contributed by atoms with E-state index in [2.05, 4.69) is 6.58 Å². The Hall–Kier alpha value is -1.03. The number of hydrogen-bond acceptors (Lipinski definition) is 3. The average Bonchev–Trinajstić information content (AvgIpc) is 2.30. The van der Waals surface area contributed by atoms with Crippen LogP contribution in [0.5, 0.6) is 0 Å². The van der Waals surface area contributed by atoms with Crippen LogP contribution in [0.1, 0.15) is 6.42 Å². The number of nitrogens with two attached hydrogens (primary N) is 1. The summed E-state index contributed by atoms with van der Waals surface area (Å²) in [6, 6.07) is 0. The number of carbonyl (C=O) groups excluding carboxylic acids is 1. The van der Waals surface area contributed by atoms with Crippen LogP contribution in [0.4, 0.5) is 0 Å². The maximum atomic E-state index is 10.8. The van der Waals surface area contributed by atoms with Crippen molar-refractivity contribution in [1.82, 2.24) is 4.90 Å². The second-order valence-corrected chi connectivity index (χ2v) is 2.76. The second kappa shape index (κ2) is 4.11. The van der Waals surface area contributed by atoms with Crippen molar-refractivity contribution in [3.05, 3.63) is 12.3 Å². The van der Waals surface area contributed by atoms with Crippen molar-refractivity contribution in [2.45, 2.75) is 6.42 Å². The summed E-state index contributed by atoms with van der Waals surface area (Å²) in [5.41, 5.74) is 5.49. The van der Waals surface area contributed by atoms with E-state index in [1.165, 1.54) is 0 Å². The normalized spacial score (nSPS) is 18.5. The van der Waals surface area contributed by atoms with Crippen molar-refractivity contribution in [1.29, 1.82) is 0 Å². The molecule has 0 saturated carbocycles. The van der Waals surface area contributed by atoms with E-state index in [-0.39, 0.29) is 0 Å². The molecule has 0 unspecified atom stereocenters. The smallest absolute Gasteiger partial charge is 0.264 e. The van der Waals surface area contributed by atoms with Crippen molar-refractivity contribution in [3.8, 4) is 0 Å². The molecule has 1 heterocycles. The molecule has 0 aromatic rings. The molecule has 4 nitrogen and oxygen atoms in total. The summed E-state index contributed by atoms with van der Waals surface area (Å²) < 4.78 is 5.22. The Morgan fingerprint density at radius 3 is 2.83 bits per heavy atom. The van der Waals surface area contributed by atoms with Gasteiger partial charge in [0, 0.05) is 19.7 Å². The van der Waals surface area contributed by atoms with E-state index >= 15 is 0 Å². The van der Waals surface area contributed by atoms with Gasteiger partial charge in [0.05, 0.1) is 12.3 Å². The minimum atomic E-state index is -0.447. The van der Waals surface area contributed by atoms with Crippen LogP contribution in [0.2, 0.25) is 0 Å². The van der Waals surface area contributed by atoms with Gasteiger partial charge in [0.15, 0.2) is 0 Å². The van der Waals surface area contributed by atoms with Crippen molar-refractivity contribution < 1.29 is 9.53 Å². The molecule has 0 aromatic carbocycles. The molecule has 4 heteroatoms. The summed E-state index contributed by atoms with van der Waals surface area (Å²) >= 11 is 0. The number of amides is 1. The van der Waals surface area contributed by atoms with E-state index in [0.29, 0.717) is 18.8 Å². The fourth-order valence-electron chi connectivity index (χ4n) is 1.17. The first kappa shape index (κ1) is 9.06. The first-order valence-electron chi connectivity index (χ1n) is 4.03. The molecule has 2 N–H and O–H groups in total. The molecule has 0 aromatic heterocycles. The van der Waals surface area contributed by atoms with E-state index in [9.17, 15) is 4.79 Å². The van der Waals surface area contributed by atoms with Crippen LogP contribution in [0.15, 0.2) is 12.3 Å². The van der Waals surface area contributed by atoms with Crippen molar-refractivity contribution >= 4 is 5.91 Å². The Morgan fingerprint density at radius 2 is 2.17 bits per heavy atom. The lowest BCUT2D eigenvalue weighted by Crippen LogP contribution is -2.32. The Balaban J connectivity index is 2.48. The number of primary amides is 1. The highest BCUT2D eigenvalue weighted by atomic mass is 16.5. The maximum Gasteiger partial charge on any atom is 0.264 e. The van der Waals surface area contributed by atoms with Gasteiger partial charge in [-0.15, -0.1) is 0 Å². The number of carbonyl (C=O) groups is 1. The highest BCUT2D eigenvalue weighted by molar-refractivity contribution is 5.90. The highest BCUT2D eigenvalue weighted by Gasteiger charge is 2.13. The molecule has 0 spiro atoms. The molecular formula is C8H14N2O2. The minimum absolute atomic E-state index is 0.389. The molecule has 1 rings (SSSR count). The SMILES string of the molecule is C=C(C(N)=O)N1CCCOCC1. The fraction of sp³-hybridized carbons (Fsp3) is 0.625. The Labute approximate surface area is 72.0 Å². The molecule has 1 aliphatic heterocycles. The molecule has 12 heavy (non-hydrogen) atoms. The van der Waals surface area contributed by atoms with Crippen LogP contribution < -0.4 is 5.73 Å². The third-order valence-corrected chi connectivity index (χ3v) is 1.89. The lowest BCUT2D eigenvalue weighted by Gasteiger charge is -2.21. The van der Waals surface area contributed by atoms with Crippen molar-refractivity contribution in [2.75, 3.05) is 26.3 Å². The minimum Gasteiger partial charge on any atom is -0.380 e. The lowest BCUT2D eigenvalue weighted by molar-refractivity contribution is -0.116. The van der Waals surface area contributed by atoms with Gasteiger partial charge >= 0.3 is 0 Å². The average molecular weight is 170 g/mol. The van der Waals surface area contributed by atoms with Crippen LogP contribution in [-0.4, -0.2) is 37.1 Å². The zero-order valence-electron chi connectivity index (χ0n) is 7.08. The first-order chi connectivity index (χ1) is 5.72. The van der Waals surface area contributed by atoms with Gasteiger partial charge < -0.3 is 15.4 Å². The number of rotatable bonds is 2. The Kier molecular flexibility index (Phi) is 3.10. The first-order valence-corrected chi connectivity index (χ1v) is 4.03. The zero-order valence-corrected chi connectivity index (χ0v) is 7.08. The van der Waals surface area contributed by atoms with E-state index < -0.39 is 5.91 Å². The quantitative estimate of drug-likeness (QED) is 0.579. The molecule has 1 fully saturated rings. The molecule has 1 amide bonds. The molecule has 1 aliphatic rings. The van der Waals surface area contributed by atoms with Crippen LogP contribution in [0.25, 0.3) is 0 Å². The lowest BCUT2D eigenvalue weighted by atomic mass is 10.3. The standard InChI is InChI=1S/C8H14N2O2/c1-7(8(9)11)10-3-2-5-12-6-4-10/h1-6H2,(H2,9,11). The third kappa shape index (κ3) is 2.23. The maximum absolute atomic E-state index is 10.8. The van der Waals surface area contributed by atoms with Gasteiger partial charge in [-0.25, -0.2) is 0 Å². The van der Waals surface area contributed by atoms with Crippen molar-refractivity contribution in [3.63, 3.8) is 0 Å². The van der Waals surface area contributed by atoms with Gasteiger partial charge in [0.25, 0.3) is 5.91 Å². The Bertz CT molecular complexity index is 183. The van der Waals surface area contributed by atoms with Crippen molar-refractivity contribution in [2.24, 2.45) is 5.73 Å². The summed E-state index contributed by atoms with van der Waals surface area (Å²) in [6.07, 6.45) is 0.923. The summed E-state index contributed by atoms with van der Waals surface area (Å²) in [5.74, 6) is -0.447. The molecule has 68 valence electrons. The zero-order chi connectivity index (χ0) is 8.97. The Morgan fingerprint density at radius 1 is 1.42 bits per heavy atom. The molecule has 1 saturated heterocycles. The van der Waals surface area contributed by atoms with Gasteiger partial charge in [-0.2, -0.15) is 0 Å². The highest BCUT2D eigenvalue weighted by Crippen LogP contribution is 2.05. The van der Waals surface area contributed by atoms with Gasteiger partial charge in [0.1, 0.15) is 0 Å². The van der Waals surface area contributed by atoms with Crippen LogP contribution in [-0.2, 0) is 9.53 Å². The van der Waals surface area contributed by atoms with Crippen LogP contribution in [0, 0.1) is 0 Å². The molecule has 0 bridgehead atoms. The number of nitrogens with zero attached hydrogens (tertiary/aromatic N) is 1. The second-order valence-electron chi connectivity index (χ2n) is 2.76. The van der Waals surface area contributed by atoms with E-state index in [1.54, 1.807) is 0 Å². The van der Waals surface area contributed by atoms with Gasteiger partial charge in [0.2, 0.25) is 0 Å². The van der Waals surface area contributed by atoms with Crippen LogP contribution in [0.3, 0.4) is 0 Å². The summed E-state index contributed by atoms with van der Waals surface area (Å²) in [5, 5.41) is 0. The van der Waals surface area contributed by atoms with E-state index in [1.807, 2.05) is 4.90 Å². The van der Waals surface area contributed by atoms with Crippen LogP contribution >= 0.6 is 0 Å². The predicted molar refractivity (Wildman–Crippen MR) is 45.3 cm³/mol. The third-order valence-electron chi connectivity index (χ3n) is 1.89. The van der Waals surface area contributed by atoms with Gasteiger partial charge in [-0.1, -0.05) is 6.58 Å². The van der Waals surface area contributed by atoms with E-state index in [4.69, 9.17) is 10.5 Å². The molecular weight excluding hydrogens is 156 g/mol. The topological polar surface area (TPSA) is 55.6 Å². The summed E-state index contributed by atoms with van der Waals surface area (Å²) in [4.78, 5) is 12.6. The number of ether oxygens (including phenoxy) is 1. The summed E-state index contributed by atoms with van der Waals surface area (Å²) in [7, 11) is 0. The molecule has 0 aliphatic carbocycles. The predicted octanol–water partition coefficient (Wildman–Crippen LogP) is -0.292.